The maximum Gasteiger partial charge on any atom is 0.205 e. The molecule has 2 aromatic carbocycles. The summed E-state index contributed by atoms with van der Waals surface area (Å²) in [4.78, 5) is 35.3. The lowest BCUT2D eigenvalue weighted by Gasteiger charge is -2.15. The Balaban J connectivity index is 2.31. The molecule has 0 aliphatic heterocycles. The molecule has 0 fully saturated rings. The summed E-state index contributed by atoms with van der Waals surface area (Å²) >= 11 is 0. The molecule has 130 valence electrons. The topological polar surface area (TPSA) is 60.4 Å². The van der Waals surface area contributed by atoms with Crippen molar-refractivity contribution in [3.8, 4) is 5.75 Å². The summed E-state index contributed by atoms with van der Waals surface area (Å²) in [5.74, 6) is -1.26. The van der Waals surface area contributed by atoms with Crippen LogP contribution in [0.4, 0.5) is 0 Å². The number of ether oxygens (including phenoxy) is 1. The minimum atomic E-state index is -0.686. The molecule has 0 aromatic heterocycles. The Labute approximate surface area is 147 Å². The Hall–Kier alpha value is -2.75. The van der Waals surface area contributed by atoms with E-state index in [4.69, 9.17) is 4.74 Å². The average molecular weight is 338 g/mol. The summed E-state index contributed by atoms with van der Waals surface area (Å²) in [6.07, 6.45) is 0.137. The van der Waals surface area contributed by atoms with E-state index in [2.05, 4.69) is 0 Å². The van der Waals surface area contributed by atoms with Gasteiger partial charge in [0.05, 0.1) is 18.1 Å². The number of hydrogen-bond acceptors (Lipinski definition) is 4. The second-order valence-electron chi connectivity index (χ2n) is 6.24. The molecule has 0 aliphatic rings. The second kappa shape index (κ2) is 8.38. The van der Waals surface area contributed by atoms with Gasteiger partial charge in [0.15, 0.2) is 11.6 Å². The monoisotopic (exact) mass is 338 g/mol. The van der Waals surface area contributed by atoms with Crippen molar-refractivity contribution >= 4 is 17.3 Å². The van der Waals surface area contributed by atoms with Crippen molar-refractivity contribution in [2.45, 2.75) is 39.7 Å². The third kappa shape index (κ3) is 5.38. The van der Waals surface area contributed by atoms with Crippen molar-refractivity contribution in [2.24, 2.45) is 0 Å². The lowest BCUT2D eigenvalue weighted by atomic mass is 9.98. The highest BCUT2D eigenvalue weighted by molar-refractivity contribution is 6.40. The Morgan fingerprint density at radius 1 is 0.960 bits per heavy atom. The van der Waals surface area contributed by atoms with E-state index in [1.165, 1.54) is 6.92 Å². The quantitative estimate of drug-likeness (QED) is 0.417. The average Bonchev–Trinajstić information content (AvgIpc) is 2.56. The number of hydrogen-bond donors (Lipinski definition) is 0. The minimum absolute atomic E-state index is 0.102. The van der Waals surface area contributed by atoms with Crippen molar-refractivity contribution in [3.05, 3.63) is 65.2 Å². The number of carbonyl (C=O) groups is 3. The van der Waals surface area contributed by atoms with Gasteiger partial charge >= 0.3 is 0 Å². The molecule has 0 saturated heterocycles. The van der Waals surface area contributed by atoms with Crippen LogP contribution in [0, 0.1) is 0 Å². The maximum absolute atomic E-state index is 12.5. The van der Waals surface area contributed by atoms with Crippen LogP contribution in [0.2, 0.25) is 0 Å². The van der Waals surface area contributed by atoms with E-state index >= 15 is 0 Å². The third-order valence-corrected chi connectivity index (χ3v) is 3.67. The summed E-state index contributed by atoms with van der Waals surface area (Å²) in [5.41, 5.74) is 2.41. The van der Waals surface area contributed by atoms with E-state index in [1.807, 2.05) is 50.2 Å². The standard InChI is InChI=1S/C21H22O4/c1-14(2)25-21-10-9-17(11-16-7-5-4-6-8-16)12-18(21)20(24)13-19(23)15(3)22/h4-10,12,14H,11,13H2,1-3H3. The van der Waals surface area contributed by atoms with Gasteiger partial charge in [-0.05, 0) is 43.5 Å². The second-order valence-corrected chi connectivity index (χ2v) is 6.24. The smallest absolute Gasteiger partial charge is 0.205 e. The van der Waals surface area contributed by atoms with E-state index < -0.39 is 23.8 Å². The molecule has 0 saturated carbocycles. The fraction of sp³-hybridized carbons (Fsp3) is 0.286. The first kappa shape index (κ1) is 18.6. The molecule has 0 spiro atoms. The fourth-order valence-corrected chi connectivity index (χ4v) is 2.46. The zero-order valence-electron chi connectivity index (χ0n) is 14.7. The van der Waals surface area contributed by atoms with E-state index in [1.54, 1.807) is 12.1 Å². The molecule has 2 rings (SSSR count). The number of Topliss-reactive ketones (excluding diaryl/α,β-unsaturated/α-hetero) is 3. The van der Waals surface area contributed by atoms with Gasteiger partial charge in [-0.15, -0.1) is 0 Å². The van der Waals surface area contributed by atoms with Crippen LogP contribution in [-0.4, -0.2) is 23.5 Å². The van der Waals surface area contributed by atoms with Gasteiger partial charge in [-0.2, -0.15) is 0 Å². The molecule has 0 radical (unpaired) electrons. The molecule has 0 heterocycles. The van der Waals surface area contributed by atoms with Crippen molar-refractivity contribution in [1.82, 2.24) is 0 Å². The number of benzene rings is 2. The molecule has 0 amide bonds. The zero-order valence-corrected chi connectivity index (χ0v) is 14.7. The molecule has 0 aliphatic carbocycles. The summed E-state index contributed by atoms with van der Waals surface area (Å²) in [6.45, 7) is 4.91. The first-order valence-electron chi connectivity index (χ1n) is 8.27. The fourth-order valence-electron chi connectivity index (χ4n) is 2.46. The maximum atomic E-state index is 12.5. The van der Waals surface area contributed by atoms with Gasteiger partial charge in [0, 0.05) is 6.92 Å². The molecule has 0 unspecified atom stereocenters. The summed E-state index contributed by atoms with van der Waals surface area (Å²) < 4.78 is 5.70. The number of carbonyl (C=O) groups excluding carboxylic acids is 3. The lowest BCUT2D eigenvalue weighted by molar-refractivity contribution is -0.134. The molecule has 25 heavy (non-hydrogen) atoms. The van der Waals surface area contributed by atoms with Crippen LogP contribution < -0.4 is 4.74 Å². The van der Waals surface area contributed by atoms with Crippen LogP contribution in [0.5, 0.6) is 5.75 Å². The number of rotatable bonds is 8. The van der Waals surface area contributed by atoms with Crippen LogP contribution in [-0.2, 0) is 16.0 Å². The molecular formula is C21H22O4. The van der Waals surface area contributed by atoms with Crippen molar-refractivity contribution < 1.29 is 19.1 Å². The highest BCUT2D eigenvalue weighted by Gasteiger charge is 2.20. The van der Waals surface area contributed by atoms with Gasteiger partial charge in [0.1, 0.15) is 5.75 Å². The predicted octanol–water partition coefficient (Wildman–Crippen LogP) is 3.80. The van der Waals surface area contributed by atoms with Crippen molar-refractivity contribution in [3.63, 3.8) is 0 Å². The van der Waals surface area contributed by atoms with Gasteiger partial charge in [-0.1, -0.05) is 36.4 Å². The van der Waals surface area contributed by atoms with Crippen LogP contribution in [0.15, 0.2) is 48.5 Å². The van der Waals surface area contributed by atoms with E-state index in [9.17, 15) is 14.4 Å². The van der Waals surface area contributed by atoms with Crippen molar-refractivity contribution in [1.29, 1.82) is 0 Å². The normalized spacial score (nSPS) is 10.6. The predicted molar refractivity (Wildman–Crippen MR) is 96.1 cm³/mol. The van der Waals surface area contributed by atoms with Gasteiger partial charge in [0.2, 0.25) is 5.78 Å². The van der Waals surface area contributed by atoms with Gasteiger partial charge in [-0.25, -0.2) is 0 Å². The summed E-state index contributed by atoms with van der Waals surface area (Å²) in [7, 11) is 0. The molecule has 2 aromatic rings. The Morgan fingerprint density at radius 2 is 1.64 bits per heavy atom. The Kier molecular flexibility index (Phi) is 6.23. The molecule has 0 N–H and O–H groups in total. The van der Waals surface area contributed by atoms with Crippen LogP contribution in [0.25, 0.3) is 0 Å². The van der Waals surface area contributed by atoms with Crippen LogP contribution >= 0.6 is 0 Å². The van der Waals surface area contributed by atoms with E-state index in [0.29, 0.717) is 17.7 Å². The first-order chi connectivity index (χ1) is 11.9. The van der Waals surface area contributed by atoms with Gasteiger partial charge < -0.3 is 4.74 Å². The van der Waals surface area contributed by atoms with E-state index in [0.717, 1.165) is 11.1 Å². The SMILES string of the molecule is CC(=O)C(=O)CC(=O)c1cc(Cc2ccccc2)ccc1OC(C)C. The molecule has 0 bridgehead atoms. The molecule has 4 heteroatoms. The lowest BCUT2D eigenvalue weighted by Crippen LogP contribution is -2.17. The highest BCUT2D eigenvalue weighted by atomic mass is 16.5. The highest BCUT2D eigenvalue weighted by Crippen LogP contribution is 2.24. The molecular weight excluding hydrogens is 316 g/mol. The van der Waals surface area contributed by atoms with Gasteiger partial charge in [-0.3, -0.25) is 14.4 Å². The van der Waals surface area contributed by atoms with E-state index in [-0.39, 0.29) is 6.10 Å². The third-order valence-electron chi connectivity index (χ3n) is 3.67. The van der Waals surface area contributed by atoms with Crippen molar-refractivity contribution in [2.75, 3.05) is 0 Å². The summed E-state index contributed by atoms with van der Waals surface area (Å²) in [6, 6.07) is 15.3. The van der Waals surface area contributed by atoms with Crippen LogP contribution in [0.3, 0.4) is 0 Å². The minimum Gasteiger partial charge on any atom is -0.490 e. The number of ketones is 3. The largest absolute Gasteiger partial charge is 0.490 e. The van der Waals surface area contributed by atoms with Crippen LogP contribution in [0.1, 0.15) is 48.7 Å². The Bertz CT molecular complexity index is 776. The molecule has 4 nitrogen and oxygen atoms in total. The first-order valence-corrected chi connectivity index (χ1v) is 8.27. The Morgan fingerprint density at radius 3 is 2.24 bits per heavy atom. The molecule has 0 atom stereocenters. The summed E-state index contributed by atoms with van der Waals surface area (Å²) in [5, 5.41) is 0. The zero-order chi connectivity index (χ0) is 18.4. The van der Waals surface area contributed by atoms with Gasteiger partial charge in [0.25, 0.3) is 0 Å².